The summed E-state index contributed by atoms with van der Waals surface area (Å²) in [5, 5.41) is 12.8. The topological polar surface area (TPSA) is 55.8 Å². The zero-order valence-corrected chi connectivity index (χ0v) is 16.0. The van der Waals surface area contributed by atoms with E-state index in [1.807, 2.05) is 19.9 Å². The van der Waals surface area contributed by atoms with Crippen LogP contribution < -0.4 is 5.32 Å². The lowest BCUT2D eigenvalue weighted by Gasteiger charge is -2.39. The van der Waals surface area contributed by atoms with Crippen molar-refractivity contribution in [2.75, 3.05) is 13.1 Å². The maximum absolute atomic E-state index is 12.6. The van der Waals surface area contributed by atoms with Gasteiger partial charge >= 0.3 is 6.03 Å². The van der Waals surface area contributed by atoms with Gasteiger partial charge in [-0.05, 0) is 46.1 Å². The molecule has 3 atom stereocenters. The molecule has 2 rings (SSSR count). The molecule has 0 radical (unpaired) electrons. The number of benzene rings is 1. The van der Waals surface area contributed by atoms with Crippen LogP contribution >= 0.6 is 0 Å². The van der Waals surface area contributed by atoms with E-state index >= 15 is 0 Å². The Labute approximate surface area is 152 Å². The highest BCUT2D eigenvalue weighted by Crippen LogP contribution is 2.20. The second-order valence-corrected chi connectivity index (χ2v) is 7.57. The molecular weight excluding hydrogens is 314 g/mol. The number of carbonyl (C=O) groups excluding carboxylic acids is 1. The molecule has 0 bridgehead atoms. The van der Waals surface area contributed by atoms with E-state index in [1.54, 1.807) is 11.8 Å². The molecule has 140 valence electrons. The molecule has 25 heavy (non-hydrogen) atoms. The fourth-order valence-electron chi connectivity index (χ4n) is 3.48. The maximum Gasteiger partial charge on any atom is 0.317 e. The monoisotopic (exact) mass is 347 g/mol. The average molecular weight is 348 g/mol. The Bertz CT molecular complexity index is 533. The predicted octanol–water partition coefficient (Wildman–Crippen LogP) is 2.84. The highest BCUT2D eigenvalue weighted by Gasteiger charge is 2.28. The van der Waals surface area contributed by atoms with Crippen LogP contribution in [0.4, 0.5) is 4.79 Å². The largest absolute Gasteiger partial charge is 0.392 e. The van der Waals surface area contributed by atoms with Crippen LogP contribution in [0.3, 0.4) is 0 Å². The summed E-state index contributed by atoms with van der Waals surface area (Å²) < 4.78 is 0. The lowest BCUT2D eigenvalue weighted by molar-refractivity contribution is 0.105. The molecule has 1 aliphatic heterocycles. The van der Waals surface area contributed by atoms with Crippen molar-refractivity contribution in [2.24, 2.45) is 0 Å². The first-order chi connectivity index (χ1) is 11.9. The van der Waals surface area contributed by atoms with E-state index in [2.05, 4.69) is 41.4 Å². The normalized spacial score (nSPS) is 22.6. The van der Waals surface area contributed by atoms with E-state index in [-0.39, 0.29) is 18.1 Å². The molecule has 1 aromatic rings. The number of aliphatic hydroxyl groups is 1. The van der Waals surface area contributed by atoms with Crippen molar-refractivity contribution >= 4 is 6.03 Å². The number of aliphatic hydroxyl groups excluding tert-OH is 1. The Hall–Kier alpha value is -1.59. The Morgan fingerprint density at radius 1 is 1.32 bits per heavy atom. The summed E-state index contributed by atoms with van der Waals surface area (Å²) in [6.07, 6.45) is 1.41. The number of piperidine rings is 1. The van der Waals surface area contributed by atoms with Gasteiger partial charge in [0.2, 0.25) is 0 Å². The molecule has 3 unspecified atom stereocenters. The Balaban J connectivity index is 1.86. The fourth-order valence-corrected chi connectivity index (χ4v) is 3.48. The molecule has 2 N–H and O–H groups in total. The molecule has 5 nitrogen and oxygen atoms in total. The molecule has 5 heteroatoms. The first-order valence-electron chi connectivity index (χ1n) is 9.40. The van der Waals surface area contributed by atoms with E-state index < -0.39 is 6.10 Å². The number of nitrogens with one attached hydrogen (secondary N) is 1. The number of carbonyl (C=O) groups is 1. The van der Waals surface area contributed by atoms with Crippen LogP contribution in [0.25, 0.3) is 0 Å². The van der Waals surface area contributed by atoms with E-state index in [4.69, 9.17) is 0 Å². The van der Waals surface area contributed by atoms with Gasteiger partial charge in [0.15, 0.2) is 0 Å². The molecule has 1 aromatic carbocycles. The molecule has 1 heterocycles. The summed E-state index contributed by atoms with van der Waals surface area (Å²) in [5.41, 5.74) is 1.33. The van der Waals surface area contributed by atoms with Gasteiger partial charge in [-0.25, -0.2) is 4.79 Å². The SMILES string of the molecule is CC(O)CN(C(=O)NC1CCN(Cc2ccccc2)C(C)C1)C(C)C. The molecule has 0 aliphatic carbocycles. The summed E-state index contributed by atoms with van der Waals surface area (Å²) in [7, 11) is 0. The van der Waals surface area contributed by atoms with Gasteiger partial charge in [0.05, 0.1) is 6.10 Å². The number of rotatable bonds is 6. The summed E-state index contributed by atoms with van der Waals surface area (Å²) in [5.74, 6) is 0. The van der Waals surface area contributed by atoms with Gasteiger partial charge in [0.25, 0.3) is 0 Å². The molecule has 1 saturated heterocycles. The number of hydrogen-bond donors (Lipinski definition) is 2. The summed E-state index contributed by atoms with van der Waals surface area (Å²) in [4.78, 5) is 16.8. The molecular formula is C20H33N3O2. The van der Waals surface area contributed by atoms with E-state index in [1.165, 1.54) is 5.56 Å². The van der Waals surface area contributed by atoms with Crippen molar-refractivity contribution in [3.05, 3.63) is 35.9 Å². The quantitative estimate of drug-likeness (QED) is 0.832. The van der Waals surface area contributed by atoms with Crippen molar-refractivity contribution in [3.8, 4) is 0 Å². The first kappa shape index (κ1) is 19.7. The standard InChI is InChI=1S/C20H33N3O2/c1-15(2)23(13-17(4)24)20(25)21-19-10-11-22(16(3)12-19)14-18-8-6-5-7-9-18/h5-9,15-17,19,24H,10-14H2,1-4H3,(H,21,25). The van der Waals surface area contributed by atoms with Gasteiger partial charge in [-0.1, -0.05) is 30.3 Å². The Morgan fingerprint density at radius 2 is 2.00 bits per heavy atom. The van der Waals surface area contributed by atoms with Crippen LogP contribution in [0.15, 0.2) is 30.3 Å². The van der Waals surface area contributed by atoms with Gasteiger partial charge in [-0.3, -0.25) is 4.90 Å². The van der Waals surface area contributed by atoms with E-state index in [9.17, 15) is 9.90 Å². The second kappa shape index (κ2) is 9.20. The van der Waals surface area contributed by atoms with Gasteiger partial charge in [-0.15, -0.1) is 0 Å². The van der Waals surface area contributed by atoms with Gasteiger partial charge in [-0.2, -0.15) is 0 Å². The van der Waals surface area contributed by atoms with Gasteiger partial charge < -0.3 is 15.3 Å². The summed E-state index contributed by atoms with van der Waals surface area (Å²) >= 11 is 0. The lowest BCUT2D eigenvalue weighted by Crippen LogP contribution is -2.53. The Morgan fingerprint density at radius 3 is 2.56 bits per heavy atom. The lowest BCUT2D eigenvalue weighted by atomic mass is 9.97. The number of hydrogen-bond acceptors (Lipinski definition) is 3. The molecule has 2 amide bonds. The third-order valence-corrected chi connectivity index (χ3v) is 4.91. The van der Waals surface area contributed by atoms with Crippen molar-refractivity contribution in [2.45, 2.75) is 71.3 Å². The fraction of sp³-hybridized carbons (Fsp3) is 0.650. The van der Waals surface area contributed by atoms with E-state index in [0.717, 1.165) is 25.9 Å². The smallest absolute Gasteiger partial charge is 0.317 e. The molecule has 1 fully saturated rings. The number of nitrogens with zero attached hydrogens (tertiary/aromatic N) is 2. The highest BCUT2D eigenvalue weighted by molar-refractivity contribution is 5.74. The molecule has 0 aromatic heterocycles. The Kier molecular flexibility index (Phi) is 7.26. The average Bonchev–Trinajstić information content (AvgIpc) is 2.55. The minimum atomic E-state index is -0.514. The van der Waals surface area contributed by atoms with Gasteiger partial charge in [0.1, 0.15) is 0 Å². The van der Waals surface area contributed by atoms with Crippen molar-refractivity contribution in [3.63, 3.8) is 0 Å². The number of urea groups is 1. The van der Waals surface area contributed by atoms with Crippen LogP contribution in [-0.4, -0.2) is 58.3 Å². The van der Waals surface area contributed by atoms with E-state index in [0.29, 0.717) is 12.6 Å². The second-order valence-electron chi connectivity index (χ2n) is 7.57. The number of likely N-dealkylation sites (tertiary alicyclic amines) is 1. The minimum absolute atomic E-state index is 0.0652. The zero-order chi connectivity index (χ0) is 18.4. The van der Waals surface area contributed by atoms with Crippen LogP contribution in [0.2, 0.25) is 0 Å². The van der Waals surface area contributed by atoms with Crippen LogP contribution in [-0.2, 0) is 6.54 Å². The zero-order valence-electron chi connectivity index (χ0n) is 16.0. The van der Waals surface area contributed by atoms with Crippen LogP contribution in [0.1, 0.15) is 46.1 Å². The third-order valence-electron chi connectivity index (χ3n) is 4.91. The maximum atomic E-state index is 12.6. The summed E-state index contributed by atoms with van der Waals surface area (Å²) in [6.45, 7) is 10.2. The minimum Gasteiger partial charge on any atom is -0.392 e. The van der Waals surface area contributed by atoms with Crippen LogP contribution in [0.5, 0.6) is 0 Å². The first-order valence-corrected chi connectivity index (χ1v) is 9.40. The van der Waals surface area contributed by atoms with Crippen LogP contribution in [0, 0.1) is 0 Å². The highest BCUT2D eigenvalue weighted by atomic mass is 16.3. The van der Waals surface area contributed by atoms with Crippen molar-refractivity contribution in [1.29, 1.82) is 0 Å². The number of amides is 2. The van der Waals surface area contributed by atoms with Crippen molar-refractivity contribution in [1.82, 2.24) is 15.1 Å². The summed E-state index contributed by atoms with van der Waals surface area (Å²) in [6, 6.07) is 11.2. The third kappa shape index (κ3) is 6.01. The molecule has 0 saturated carbocycles. The molecule has 0 spiro atoms. The molecule has 1 aliphatic rings. The van der Waals surface area contributed by atoms with Gasteiger partial charge in [0, 0.05) is 37.8 Å². The predicted molar refractivity (Wildman–Crippen MR) is 101 cm³/mol. The van der Waals surface area contributed by atoms with Crippen molar-refractivity contribution < 1.29 is 9.90 Å².